The minimum absolute atomic E-state index is 0.172. The van der Waals surface area contributed by atoms with Crippen molar-refractivity contribution in [2.24, 2.45) is 7.05 Å². The molecule has 8 nitrogen and oxygen atoms in total. The van der Waals surface area contributed by atoms with Crippen LogP contribution in [0.15, 0.2) is 36.7 Å². The minimum atomic E-state index is -0.696. The molecule has 1 aliphatic carbocycles. The largest absolute Gasteiger partial charge is 0.497 e. The molecule has 1 aliphatic heterocycles. The average Bonchev–Trinajstić information content (AvgIpc) is 3.44. The van der Waals surface area contributed by atoms with Crippen molar-refractivity contribution in [3.8, 4) is 11.5 Å². The highest BCUT2D eigenvalue weighted by Crippen LogP contribution is 2.32. The second-order valence-electron chi connectivity index (χ2n) is 7.78. The summed E-state index contributed by atoms with van der Waals surface area (Å²) >= 11 is 0. The molecule has 1 aromatic carbocycles. The number of methoxy groups -OCH3 is 1. The monoisotopic (exact) mass is 400 g/mol. The quantitative estimate of drug-likeness (QED) is 0.758. The second-order valence-corrected chi connectivity index (χ2v) is 7.78. The number of carbonyl (C=O) groups excluding carboxylic acids is 1. The Bertz CT molecular complexity index is 849. The van der Waals surface area contributed by atoms with E-state index in [0.717, 1.165) is 25.9 Å². The van der Waals surface area contributed by atoms with Gasteiger partial charge in [-0.15, -0.1) is 0 Å². The van der Waals surface area contributed by atoms with Crippen LogP contribution in [0.1, 0.15) is 29.6 Å². The molecule has 4 rings (SSSR count). The molecular formula is C21H28N4O4. The molecule has 1 amide bonds. The maximum Gasteiger partial charge on any atom is 0.254 e. The summed E-state index contributed by atoms with van der Waals surface area (Å²) in [6.07, 6.45) is 4.88. The van der Waals surface area contributed by atoms with Crippen LogP contribution in [0.3, 0.4) is 0 Å². The molecule has 1 saturated carbocycles. The fourth-order valence-corrected chi connectivity index (χ4v) is 4.40. The summed E-state index contributed by atoms with van der Waals surface area (Å²) in [4.78, 5) is 15.0. The number of ether oxygens (including phenoxy) is 2. The molecule has 2 aromatic rings. The number of benzene rings is 1. The summed E-state index contributed by atoms with van der Waals surface area (Å²) in [5, 5.41) is 18.3. The summed E-state index contributed by atoms with van der Waals surface area (Å²) in [6.45, 7) is 1.85. The van der Waals surface area contributed by atoms with Crippen LogP contribution in [0.5, 0.6) is 11.5 Å². The number of amides is 1. The Balaban J connectivity index is 1.51. The van der Waals surface area contributed by atoms with Crippen LogP contribution in [0.4, 0.5) is 0 Å². The van der Waals surface area contributed by atoms with Crippen molar-refractivity contribution in [1.29, 1.82) is 0 Å². The molecule has 2 fully saturated rings. The molecule has 8 heteroatoms. The average molecular weight is 400 g/mol. The number of hydrogen-bond donors (Lipinski definition) is 2. The molecule has 29 heavy (non-hydrogen) atoms. The van der Waals surface area contributed by atoms with Crippen LogP contribution in [-0.4, -0.2) is 70.2 Å². The van der Waals surface area contributed by atoms with Crippen LogP contribution < -0.4 is 14.8 Å². The molecule has 2 N–H and O–H groups in total. The lowest BCUT2D eigenvalue weighted by atomic mass is 10.1. The van der Waals surface area contributed by atoms with Gasteiger partial charge in [-0.3, -0.25) is 14.4 Å². The van der Waals surface area contributed by atoms with Gasteiger partial charge >= 0.3 is 0 Å². The topological polar surface area (TPSA) is 88.8 Å². The van der Waals surface area contributed by atoms with E-state index >= 15 is 0 Å². The number of aryl methyl sites for hydroxylation is 1. The van der Waals surface area contributed by atoms with Crippen LogP contribution in [-0.2, 0) is 7.05 Å². The fraction of sp³-hybridized carbons (Fsp3) is 0.524. The van der Waals surface area contributed by atoms with Crippen molar-refractivity contribution in [3.05, 3.63) is 42.2 Å². The van der Waals surface area contributed by atoms with Gasteiger partial charge < -0.3 is 19.9 Å². The SMILES string of the molecule is COc1cccc(O[C@@H]2C[C@@H](NC(=O)c3cnn(C)c3)[C@H](N3CCCC3)[C@H]2O)c1. The third-order valence-corrected chi connectivity index (χ3v) is 5.80. The van der Waals surface area contributed by atoms with Crippen molar-refractivity contribution in [1.82, 2.24) is 20.0 Å². The molecular weight excluding hydrogens is 372 g/mol. The van der Waals surface area contributed by atoms with Gasteiger partial charge in [-0.05, 0) is 38.1 Å². The summed E-state index contributed by atoms with van der Waals surface area (Å²) < 4.78 is 13.0. The van der Waals surface area contributed by atoms with Gasteiger partial charge in [0, 0.05) is 25.7 Å². The van der Waals surface area contributed by atoms with Gasteiger partial charge in [-0.2, -0.15) is 5.10 Å². The van der Waals surface area contributed by atoms with Crippen molar-refractivity contribution in [2.45, 2.75) is 43.6 Å². The van der Waals surface area contributed by atoms with E-state index in [1.807, 2.05) is 18.2 Å². The third kappa shape index (κ3) is 4.23. The zero-order valence-electron chi connectivity index (χ0n) is 16.8. The predicted octanol–water partition coefficient (Wildman–Crippen LogP) is 1.20. The molecule has 0 radical (unpaired) electrons. The Morgan fingerprint density at radius 2 is 2.03 bits per heavy atom. The predicted molar refractivity (Wildman–Crippen MR) is 107 cm³/mol. The van der Waals surface area contributed by atoms with Crippen LogP contribution in [0, 0.1) is 0 Å². The van der Waals surface area contributed by atoms with E-state index in [0.29, 0.717) is 23.5 Å². The third-order valence-electron chi connectivity index (χ3n) is 5.80. The van der Waals surface area contributed by atoms with Crippen molar-refractivity contribution >= 4 is 5.91 Å². The highest BCUT2D eigenvalue weighted by molar-refractivity contribution is 5.94. The van der Waals surface area contributed by atoms with Gasteiger partial charge in [-0.1, -0.05) is 6.07 Å². The Hall–Kier alpha value is -2.58. The van der Waals surface area contributed by atoms with E-state index < -0.39 is 12.2 Å². The number of aliphatic hydroxyl groups excluding tert-OH is 1. The van der Waals surface area contributed by atoms with E-state index in [1.54, 1.807) is 37.3 Å². The van der Waals surface area contributed by atoms with Gasteiger partial charge in [0.25, 0.3) is 5.91 Å². The summed E-state index contributed by atoms with van der Waals surface area (Å²) in [7, 11) is 3.39. The van der Waals surface area contributed by atoms with Gasteiger partial charge in [0.05, 0.1) is 31.0 Å². The zero-order chi connectivity index (χ0) is 20.4. The first kappa shape index (κ1) is 19.7. The Kier molecular flexibility index (Phi) is 5.73. The highest BCUT2D eigenvalue weighted by atomic mass is 16.5. The number of aliphatic hydroxyl groups is 1. The summed E-state index contributed by atoms with van der Waals surface area (Å²) in [6, 6.07) is 6.98. The maximum absolute atomic E-state index is 12.7. The van der Waals surface area contributed by atoms with Crippen molar-refractivity contribution in [3.63, 3.8) is 0 Å². The van der Waals surface area contributed by atoms with Crippen molar-refractivity contribution < 1.29 is 19.4 Å². The maximum atomic E-state index is 12.7. The first-order valence-corrected chi connectivity index (χ1v) is 10.1. The van der Waals surface area contributed by atoms with E-state index in [4.69, 9.17) is 9.47 Å². The van der Waals surface area contributed by atoms with Crippen LogP contribution in [0.25, 0.3) is 0 Å². The van der Waals surface area contributed by atoms with E-state index in [-0.39, 0.29) is 18.0 Å². The lowest BCUT2D eigenvalue weighted by molar-refractivity contribution is 0.0138. The molecule has 1 saturated heterocycles. The van der Waals surface area contributed by atoms with E-state index in [9.17, 15) is 9.90 Å². The normalized spacial score (nSPS) is 27.1. The van der Waals surface area contributed by atoms with Gasteiger partial charge in [0.15, 0.2) is 0 Å². The van der Waals surface area contributed by atoms with E-state index in [1.165, 1.54) is 0 Å². The molecule has 156 valence electrons. The molecule has 1 aromatic heterocycles. The molecule has 2 heterocycles. The molecule has 4 atom stereocenters. The first-order valence-electron chi connectivity index (χ1n) is 10.1. The highest BCUT2D eigenvalue weighted by Gasteiger charge is 2.48. The van der Waals surface area contributed by atoms with Gasteiger partial charge in [0.2, 0.25) is 0 Å². The van der Waals surface area contributed by atoms with Gasteiger partial charge in [-0.25, -0.2) is 0 Å². The Morgan fingerprint density at radius 1 is 1.28 bits per heavy atom. The molecule has 0 spiro atoms. The molecule has 2 aliphatic rings. The number of aromatic nitrogens is 2. The Morgan fingerprint density at radius 3 is 2.72 bits per heavy atom. The molecule has 0 unspecified atom stereocenters. The Labute approximate surface area is 170 Å². The second kappa shape index (κ2) is 8.42. The number of likely N-dealkylation sites (tertiary alicyclic amines) is 1. The lowest BCUT2D eigenvalue weighted by Crippen LogP contribution is -2.52. The van der Waals surface area contributed by atoms with Crippen molar-refractivity contribution in [2.75, 3.05) is 20.2 Å². The van der Waals surface area contributed by atoms with Crippen LogP contribution >= 0.6 is 0 Å². The number of hydrogen-bond acceptors (Lipinski definition) is 6. The number of rotatable bonds is 6. The number of carbonyl (C=O) groups is 1. The lowest BCUT2D eigenvalue weighted by Gasteiger charge is -2.31. The fourth-order valence-electron chi connectivity index (χ4n) is 4.40. The van der Waals surface area contributed by atoms with E-state index in [2.05, 4.69) is 15.3 Å². The first-order chi connectivity index (χ1) is 14.0. The zero-order valence-corrected chi connectivity index (χ0v) is 16.8. The number of nitrogens with one attached hydrogen (secondary N) is 1. The summed E-state index contributed by atoms with van der Waals surface area (Å²) in [5.41, 5.74) is 0.513. The standard InChI is InChI=1S/C21H28N4O4/c1-24-13-14(12-22-24)21(27)23-17-11-18(20(26)19(17)25-8-3-4-9-25)29-16-7-5-6-15(10-16)28-2/h5-7,10,12-13,17-20,26H,3-4,8-9,11H2,1-2H3,(H,23,27)/t17-,18-,19+,20+/m1/s1. The number of nitrogens with zero attached hydrogens (tertiary/aromatic N) is 3. The molecule has 0 bridgehead atoms. The minimum Gasteiger partial charge on any atom is -0.497 e. The summed E-state index contributed by atoms with van der Waals surface area (Å²) in [5.74, 6) is 1.17. The van der Waals surface area contributed by atoms with Gasteiger partial charge in [0.1, 0.15) is 23.7 Å². The van der Waals surface area contributed by atoms with Crippen LogP contribution in [0.2, 0.25) is 0 Å². The smallest absolute Gasteiger partial charge is 0.254 e.